The summed E-state index contributed by atoms with van der Waals surface area (Å²) in [6, 6.07) is 12.2. The first-order chi connectivity index (χ1) is 10.7. The zero-order valence-corrected chi connectivity index (χ0v) is 13.7. The predicted molar refractivity (Wildman–Crippen MR) is 90.1 cm³/mol. The highest BCUT2D eigenvalue weighted by Crippen LogP contribution is 2.16. The molecular formula is C17H24N4O. The quantitative estimate of drug-likeness (QED) is 0.680. The second kappa shape index (κ2) is 7.54. The predicted octanol–water partition coefficient (Wildman–Crippen LogP) is 2.24. The lowest BCUT2D eigenvalue weighted by molar-refractivity contribution is 0.408. The number of ether oxygens (including phenoxy) is 1. The van der Waals surface area contributed by atoms with Crippen LogP contribution in [0.25, 0.3) is 0 Å². The van der Waals surface area contributed by atoms with Crippen LogP contribution >= 0.6 is 0 Å². The van der Waals surface area contributed by atoms with Crippen LogP contribution in [0.2, 0.25) is 0 Å². The molecule has 5 nitrogen and oxygen atoms in total. The van der Waals surface area contributed by atoms with Crippen LogP contribution in [0.1, 0.15) is 11.3 Å². The van der Waals surface area contributed by atoms with Crippen molar-refractivity contribution in [2.45, 2.75) is 13.1 Å². The molecular weight excluding hydrogens is 276 g/mol. The van der Waals surface area contributed by atoms with Crippen LogP contribution in [-0.2, 0) is 20.1 Å². The van der Waals surface area contributed by atoms with Crippen molar-refractivity contribution in [2.75, 3.05) is 21.2 Å². The van der Waals surface area contributed by atoms with E-state index in [-0.39, 0.29) is 0 Å². The Morgan fingerprint density at radius 2 is 2.05 bits per heavy atom. The maximum atomic E-state index is 5.38. The summed E-state index contributed by atoms with van der Waals surface area (Å²) < 4.78 is 7.49. The Balaban J connectivity index is 1.99. The number of benzene rings is 1. The van der Waals surface area contributed by atoms with Gasteiger partial charge >= 0.3 is 0 Å². The van der Waals surface area contributed by atoms with Gasteiger partial charge in [0.25, 0.3) is 0 Å². The number of guanidine groups is 1. The van der Waals surface area contributed by atoms with Crippen LogP contribution < -0.4 is 10.1 Å². The minimum atomic E-state index is 0.675. The minimum Gasteiger partial charge on any atom is -0.496 e. The molecule has 5 heteroatoms. The van der Waals surface area contributed by atoms with Gasteiger partial charge in [-0.2, -0.15) is 0 Å². The van der Waals surface area contributed by atoms with Crippen LogP contribution in [0.3, 0.4) is 0 Å². The van der Waals surface area contributed by atoms with Crippen molar-refractivity contribution in [1.82, 2.24) is 14.8 Å². The standard InChI is InChI=1S/C17H24N4O/c1-18-17(21(3)13-15-9-7-11-20(15)2)19-12-14-8-5-6-10-16(14)22-4/h5-11H,12-13H2,1-4H3,(H,18,19). The first kappa shape index (κ1) is 15.9. The smallest absolute Gasteiger partial charge is 0.194 e. The average molecular weight is 300 g/mol. The van der Waals surface area contributed by atoms with Gasteiger partial charge in [-0.15, -0.1) is 0 Å². The van der Waals surface area contributed by atoms with Crippen molar-refractivity contribution >= 4 is 5.96 Å². The third-order valence-electron chi connectivity index (χ3n) is 3.65. The van der Waals surface area contributed by atoms with E-state index in [0.29, 0.717) is 6.54 Å². The maximum absolute atomic E-state index is 5.38. The Hall–Kier alpha value is -2.43. The van der Waals surface area contributed by atoms with Gasteiger partial charge in [0.15, 0.2) is 5.96 Å². The maximum Gasteiger partial charge on any atom is 0.194 e. The van der Waals surface area contributed by atoms with Gasteiger partial charge in [0, 0.05) is 45.1 Å². The molecule has 0 aliphatic carbocycles. The summed E-state index contributed by atoms with van der Waals surface area (Å²) in [6.07, 6.45) is 2.05. The van der Waals surface area contributed by atoms with E-state index in [2.05, 4.69) is 31.9 Å². The summed E-state index contributed by atoms with van der Waals surface area (Å²) in [4.78, 5) is 6.45. The molecule has 0 amide bonds. The van der Waals surface area contributed by atoms with E-state index >= 15 is 0 Å². The van der Waals surface area contributed by atoms with Crippen molar-refractivity contribution in [2.24, 2.45) is 12.0 Å². The molecule has 1 aromatic heterocycles. The molecule has 1 aromatic carbocycles. The molecule has 2 rings (SSSR count). The molecule has 0 unspecified atom stereocenters. The highest BCUT2D eigenvalue weighted by molar-refractivity contribution is 5.79. The van der Waals surface area contributed by atoms with Crippen LogP contribution in [0.5, 0.6) is 5.75 Å². The lowest BCUT2D eigenvalue weighted by Gasteiger charge is -2.22. The van der Waals surface area contributed by atoms with Crippen LogP contribution in [-0.4, -0.2) is 36.6 Å². The zero-order valence-electron chi connectivity index (χ0n) is 13.7. The molecule has 1 N–H and O–H groups in total. The third-order valence-corrected chi connectivity index (χ3v) is 3.65. The van der Waals surface area contributed by atoms with Crippen molar-refractivity contribution in [1.29, 1.82) is 0 Å². The van der Waals surface area contributed by atoms with E-state index in [9.17, 15) is 0 Å². The summed E-state index contributed by atoms with van der Waals surface area (Å²) in [7, 11) is 7.57. The Bertz CT molecular complexity index is 633. The van der Waals surface area contributed by atoms with Crippen molar-refractivity contribution < 1.29 is 4.74 Å². The average Bonchev–Trinajstić information content (AvgIpc) is 2.93. The summed E-state index contributed by atoms with van der Waals surface area (Å²) in [5.41, 5.74) is 2.35. The highest BCUT2D eigenvalue weighted by Gasteiger charge is 2.09. The summed E-state index contributed by atoms with van der Waals surface area (Å²) in [5, 5.41) is 3.38. The van der Waals surface area contributed by atoms with Gasteiger partial charge < -0.3 is 19.5 Å². The largest absolute Gasteiger partial charge is 0.496 e. The molecule has 0 bridgehead atoms. The van der Waals surface area contributed by atoms with Crippen LogP contribution in [0, 0.1) is 0 Å². The van der Waals surface area contributed by atoms with Crippen LogP contribution in [0.4, 0.5) is 0 Å². The first-order valence-corrected chi connectivity index (χ1v) is 7.29. The number of aromatic nitrogens is 1. The van der Waals surface area contributed by atoms with Gasteiger partial charge in [-0.1, -0.05) is 18.2 Å². The Morgan fingerprint density at radius 3 is 2.68 bits per heavy atom. The molecule has 0 aliphatic heterocycles. The molecule has 0 aliphatic rings. The number of nitrogens with one attached hydrogen (secondary N) is 1. The van der Waals surface area contributed by atoms with Gasteiger partial charge in [-0.05, 0) is 18.2 Å². The van der Waals surface area contributed by atoms with E-state index in [4.69, 9.17) is 4.74 Å². The molecule has 118 valence electrons. The number of rotatable bonds is 5. The lowest BCUT2D eigenvalue weighted by atomic mass is 10.2. The van der Waals surface area contributed by atoms with E-state index < -0.39 is 0 Å². The number of methoxy groups -OCH3 is 1. The number of hydrogen-bond donors (Lipinski definition) is 1. The number of nitrogens with zero attached hydrogens (tertiary/aromatic N) is 3. The summed E-state index contributed by atoms with van der Waals surface area (Å²) in [5.74, 6) is 1.74. The molecule has 1 heterocycles. The highest BCUT2D eigenvalue weighted by atomic mass is 16.5. The summed E-state index contributed by atoms with van der Waals surface area (Å²) in [6.45, 7) is 1.48. The van der Waals surface area contributed by atoms with Gasteiger partial charge in [0.05, 0.1) is 13.7 Å². The molecule has 0 saturated carbocycles. The second-order valence-electron chi connectivity index (χ2n) is 5.18. The van der Waals surface area contributed by atoms with Gasteiger partial charge in [0.1, 0.15) is 5.75 Å². The molecule has 0 spiro atoms. The number of aliphatic imine (C=N–C) groups is 1. The van der Waals surface area contributed by atoms with Crippen molar-refractivity contribution in [3.05, 3.63) is 53.9 Å². The number of hydrogen-bond acceptors (Lipinski definition) is 2. The monoisotopic (exact) mass is 300 g/mol. The SMILES string of the molecule is CN=C(NCc1ccccc1OC)N(C)Cc1cccn1C. The van der Waals surface area contributed by atoms with E-state index in [1.54, 1.807) is 14.2 Å². The van der Waals surface area contributed by atoms with Crippen molar-refractivity contribution in [3.8, 4) is 5.75 Å². The normalized spacial score (nSPS) is 11.4. The van der Waals surface area contributed by atoms with E-state index in [1.807, 2.05) is 44.6 Å². The number of para-hydroxylation sites is 1. The third kappa shape index (κ3) is 3.81. The Morgan fingerprint density at radius 1 is 1.27 bits per heavy atom. The van der Waals surface area contributed by atoms with Gasteiger partial charge in [-0.3, -0.25) is 4.99 Å². The van der Waals surface area contributed by atoms with Gasteiger partial charge in [-0.25, -0.2) is 0 Å². The fraction of sp³-hybridized carbons (Fsp3) is 0.353. The van der Waals surface area contributed by atoms with Gasteiger partial charge in [0.2, 0.25) is 0 Å². The Labute approximate surface area is 132 Å². The molecule has 2 aromatic rings. The second-order valence-corrected chi connectivity index (χ2v) is 5.18. The lowest BCUT2D eigenvalue weighted by Crippen LogP contribution is -2.38. The molecule has 0 fully saturated rings. The van der Waals surface area contributed by atoms with E-state index in [1.165, 1.54) is 5.69 Å². The fourth-order valence-corrected chi connectivity index (χ4v) is 2.39. The number of aryl methyl sites for hydroxylation is 1. The minimum absolute atomic E-state index is 0.675. The molecule has 0 atom stereocenters. The first-order valence-electron chi connectivity index (χ1n) is 7.29. The molecule has 0 radical (unpaired) electrons. The van der Waals surface area contributed by atoms with Crippen LogP contribution in [0.15, 0.2) is 47.6 Å². The summed E-state index contributed by atoms with van der Waals surface area (Å²) >= 11 is 0. The topological polar surface area (TPSA) is 41.8 Å². The zero-order chi connectivity index (χ0) is 15.9. The van der Waals surface area contributed by atoms with E-state index in [0.717, 1.165) is 23.8 Å². The molecule has 0 saturated heterocycles. The van der Waals surface area contributed by atoms with Crippen molar-refractivity contribution in [3.63, 3.8) is 0 Å². The Kier molecular flexibility index (Phi) is 5.47. The fourth-order valence-electron chi connectivity index (χ4n) is 2.39. The molecule has 22 heavy (non-hydrogen) atoms.